The van der Waals surface area contributed by atoms with Crippen LogP contribution >= 0.6 is 7.81 Å². The molecule has 0 aliphatic carbocycles. The number of Topliss-reactive ketones (excluding diaryl/α,β-unsaturated/α-hetero) is 2. The van der Waals surface area contributed by atoms with Gasteiger partial charge in [0, 0.05) is 0 Å². The maximum atomic E-state index is 9.87. The quantitative estimate of drug-likeness (QED) is 0.440. The second-order valence-corrected chi connectivity index (χ2v) is 5.30. The summed E-state index contributed by atoms with van der Waals surface area (Å²) in [5.74, 6) is -0.148. The van der Waals surface area contributed by atoms with E-state index in [1.165, 1.54) is 27.7 Å². The van der Waals surface area contributed by atoms with E-state index in [-0.39, 0.29) is 13.0 Å². The molecule has 0 unspecified atom stereocenters. The van der Waals surface area contributed by atoms with Crippen molar-refractivity contribution in [3.05, 3.63) is 12.7 Å². The zero-order valence-electron chi connectivity index (χ0n) is 12.3. The first kappa shape index (κ1) is 27.0. The van der Waals surface area contributed by atoms with Gasteiger partial charge in [0.05, 0.1) is 0 Å². The summed E-state index contributed by atoms with van der Waals surface area (Å²) in [6.45, 7) is 9.20. The molecule has 0 aromatic rings. The van der Waals surface area contributed by atoms with Crippen molar-refractivity contribution in [2.45, 2.75) is 27.7 Å². The van der Waals surface area contributed by atoms with Gasteiger partial charge in [-0.05, 0) is 33.8 Å². The van der Waals surface area contributed by atoms with Crippen LogP contribution in [-0.2, 0) is 14.4 Å². The SMILES string of the molecule is C=CC(N)=O.CC(C)=O.CC(C)=O.F[P-](F)(F)(F)(F)F.[H+]. The van der Waals surface area contributed by atoms with Crippen LogP contribution in [0, 0.1) is 0 Å². The molecule has 20 heavy (non-hydrogen) atoms. The van der Waals surface area contributed by atoms with Gasteiger partial charge in [-0.2, -0.15) is 0 Å². The topological polar surface area (TPSA) is 77.2 Å². The number of ketones is 2. The van der Waals surface area contributed by atoms with Crippen molar-refractivity contribution in [3.8, 4) is 0 Å². The summed E-state index contributed by atoms with van der Waals surface area (Å²) in [5, 5.41) is 0. The van der Waals surface area contributed by atoms with Crippen molar-refractivity contribution >= 4 is 25.3 Å². The van der Waals surface area contributed by atoms with Crippen molar-refractivity contribution in [3.63, 3.8) is 0 Å². The molecule has 0 aromatic heterocycles. The number of hydrogen-bond acceptors (Lipinski definition) is 3. The number of nitrogens with two attached hydrogens (primary N) is 1. The summed E-state index contributed by atoms with van der Waals surface area (Å²) >= 11 is 0. The maximum Gasteiger partial charge on any atom is 1.00 e. The van der Waals surface area contributed by atoms with Crippen molar-refractivity contribution in [2.24, 2.45) is 5.73 Å². The van der Waals surface area contributed by atoms with Gasteiger partial charge in [-0.3, -0.25) is 4.79 Å². The van der Waals surface area contributed by atoms with Crippen LogP contribution in [0.3, 0.4) is 0 Å². The molecule has 0 fully saturated rings. The first-order valence-corrected chi connectivity index (χ1v) is 6.64. The van der Waals surface area contributed by atoms with Crippen molar-refractivity contribution < 1.29 is 41.0 Å². The van der Waals surface area contributed by atoms with Crippen molar-refractivity contribution in [1.29, 1.82) is 0 Å². The number of carbonyl (C=O) groups excluding carboxylic acids is 3. The third kappa shape index (κ3) is 12800. The molecule has 2 N–H and O–H groups in total. The normalized spacial score (nSPS) is 12.3. The van der Waals surface area contributed by atoms with Gasteiger partial charge in [0.15, 0.2) is 0 Å². The van der Waals surface area contributed by atoms with Gasteiger partial charge in [0.1, 0.15) is 11.6 Å². The van der Waals surface area contributed by atoms with Crippen molar-refractivity contribution in [1.82, 2.24) is 0 Å². The number of halogens is 6. The molecule has 0 aromatic carbocycles. The summed E-state index contributed by atoms with van der Waals surface area (Å²) in [6, 6.07) is 0. The Morgan fingerprint density at radius 3 is 0.950 bits per heavy atom. The first-order valence-electron chi connectivity index (χ1n) is 4.61. The van der Waals surface area contributed by atoms with E-state index in [1.807, 2.05) is 0 Å². The Labute approximate surface area is 113 Å². The third-order valence-corrected chi connectivity index (χ3v) is 0.201. The molecule has 0 saturated heterocycles. The summed E-state index contributed by atoms with van der Waals surface area (Å²) in [5.41, 5.74) is 4.53. The fourth-order valence-electron chi connectivity index (χ4n) is 0. The van der Waals surface area contributed by atoms with Crippen LogP contribution in [0.15, 0.2) is 12.7 Å². The predicted molar refractivity (Wildman–Crippen MR) is 66.8 cm³/mol. The zero-order valence-corrected chi connectivity index (χ0v) is 12.2. The second kappa shape index (κ2) is 8.68. The second-order valence-electron chi connectivity index (χ2n) is 3.38. The molecule has 0 radical (unpaired) electrons. The molecule has 0 saturated carbocycles. The van der Waals surface area contributed by atoms with E-state index in [1.54, 1.807) is 0 Å². The number of amides is 1. The van der Waals surface area contributed by atoms with E-state index >= 15 is 0 Å². The summed E-state index contributed by atoms with van der Waals surface area (Å²) < 4.78 is 59.2. The molecule has 11 heteroatoms. The van der Waals surface area contributed by atoms with Gasteiger partial charge in [0.2, 0.25) is 5.91 Å². The Bertz CT molecular complexity index is 323. The van der Waals surface area contributed by atoms with Crippen LogP contribution < -0.4 is 5.73 Å². The van der Waals surface area contributed by atoms with Crippen LogP contribution in [0.25, 0.3) is 0 Å². The molecule has 0 aliphatic rings. The van der Waals surface area contributed by atoms with E-state index in [0.29, 0.717) is 0 Å². The smallest absolute Gasteiger partial charge is 1.00 e. The van der Waals surface area contributed by atoms with Gasteiger partial charge in [-0.15, -0.1) is 0 Å². The average molecular weight is 333 g/mol. The first-order chi connectivity index (χ1) is 8.18. The van der Waals surface area contributed by atoms with Gasteiger partial charge in [0.25, 0.3) is 0 Å². The zero-order chi connectivity index (χ0) is 17.8. The molecule has 0 heterocycles. The van der Waals surface area contributed by atoms with Crippen molar-refractivity contribution in [2.75, 3.05) is 0 Å². The molecule has 0 atom stereocenters. The largest absolute Gasteiger partial charge is 1.00 e. The minimum absolute atomic E-state index is 0. The van der Waals surface area contributed by atoms with E-state index in [2.05, 4.69) is 12.3 Å². The third-order valence-electron chi connectivity index (χ3n) is 0.201. The molecule has 0 rings (SSSR count). The maximum absolute atomic E-state index is 10.7. The van der Waals surface area contributed by atoms with Gasteiger partial charge < -0.3 is 15.3 Å². The minimum atomic E-state index is -10.7. The summed E-state index contributed by atoms with van der Waals surface area (Å²) in [6.07, 6.45) is 1.06. The van der Waals surface area contributed by atoms with Gasteiger partial charge >= 0.3 is 34.4 Å². The number of primary amides is 1. The summed E-state index contributed by atoms with van der Waals surface area (Å²) in [7, 11) is -10.7. The number of carbonyl (C=O) groups is 3. The van der Waals surface area contributed by atoms with E-state index in [0.717, 1.165) is 6.08 Å². The molecule has 4 nitrogen and oxygen atoms in total. The molecule has 0 aliphatic heterocycles. The monoisotopic (exact) mass is 333 g/mol. The molecule has 1 amide bonds. The standard InChI is InChI=1S/C3H5NO.2C3H6O.F6P/c1-2-3(4)5;2*1-3(2)4;1-7(2,3,4,5)6/h2H,1H2,(H2,4,5);2*1-2H3;/q;;;-1/p+1. The van der Waals surface area contributed by atoms with E-state index < -0.39 is 13.7 Å². The van der Waals surface area contributed by atoms with Crippen LogP contribution in [0.2, 0.25) is 0 Å². The van der Waals surface area contributed by atoms with Gasteiger partial charge in [-0.25, -0.2) is 0 Å². The number of hydrogen-bond donors (Lipinski definition) is 1. The van der Waals surface area contributed by atoms with Crippen LogP contribution in [0.1, 0.15) is 29.1 Å². The Kier molecular flexibility index (Phi) is 11.7. The molecular formula is C9H18F6NO3P. The Morgan fingerprint density at radius 2 is 0.950 bits per heavy atom. The Hall–Kier alpha value is -1.44. The number of rotatable bonds is 1. The van der Waals surface area contributed by atoms with Crippen LogP contribution in [0.4, 0.5) is 25.2 Å². The van der Waals surface area contributed by atoms with Crippen LogP contribution in [0.5, 0.6) is 0 Å². The Balaban J connectivity index is -0.0000000550. The molecular weight excluding hydrogens is 315 g/mol. The van der Waals surface area contributed by atoms with Gasteiger partial charge in [-0.1, -0.05) is 6.58 Å². The Morgan fingerprint density at radius 1 is 0.900 bits per heavy atom. The molecule has 124 valence electrons. The van der Waals surface area contributed by atoms with Crippen LogP contribution in [-0.4, -0.2) is 17.5 Å². The molecule has 0 spiro atoms. The summed E-state index contributed by atoms with van der Waals surface area (Å²) in [4.78, 5) is 28.4. The van der Waals surface area contributed by atoms with E-state index in [4.69, 9.17) is 0 Å². The fourth-order valence-corrected chi connectivity index (χ4v) is 0. The molecule has 0 bridgehead atoms. The van der Waals surface area contributed by atoms with E-state index in [9.17, 15) is 39.6 Å². The predicted octanol–water partition coefficient (Wildman–Crippen LogP) is 4.34. The fraction of sp³-hybridized carbons (Fsp3) is 0.444. The average Bonchev–Trinajstić information content (AvgIpc) is 1.95. The minimum Gasteiger partial charge on any atom is 1.00 e.